The second-order valence-electron chi connectivity index (χ2n) is 6.98. The summed E-state index contributed by atoms with van der Waals surface area (Å²) in [5.41, 5.74) is 1.03. The molecule has 1 aliphatic rings. The molecule has 1 aromatic heterocycles. The number of halogens is 3. The van der Waals surface area contributed by atoms with Crippen LogP contribution in [0.4, 0.5) is 13.2 Å². The zero-order chi connectivity index (χ0) is 19.7. The van der Waals surface area contributed by atoms with E-state index in [-0.39, 0.29) is 29.9 Å². The summed E-state index contributed by atoms with van der Waals surface area (Å²) in [7, 11) is 0. The Hall–Kier alpha value is -2.80. The highest BCUT2D eigenvalue weighted by atomic mass is 19.1. The standard InChI is InChI=1S/C21H20F3N3O/c22-15-5-2-1-4-13(15)11-27-12-14(20-16(23)6-3-7-19(20)27)21(28)26-18-8-9-25-10-17(18)24/h1-7,12,17-18,25H,8-11H2,(H,26,28)/t17-,18+/m0/s1. The zero-order valence-electron chi connectivity index (χ0n) is 15.1. The van der Waals surface area contributed by atoms with Gasteiger partial charge >= 0.3 is 0 Å². The second-order valence-corrected chi connectivity index (χ2v) is 6.98. The second kappa shape index (κ2) is 7.67. The molecule has 2 N–H and O–H groups in total. The largest absolute Gasteiger partial charge is 0.346 e. The van der Waals surface area contributed by atoms with Gasteiger partial charge in [-0.15, -0.1) is 0 Å². The molecule has 28 heavy (non-hydrogen) atoms. The average molecular weight is 387 g/mol. The van der Waals surface area contributed by atoms with Crippen molar-refractivity contribution in [1.82, 2.24) is 15.2 Å². The molecule has 1 amide bonds. The number of carbonyl (C=O) groups excluding carboxylic acids is 1. The molecule has 7 heteroatoms. The van der Waals surface area contributed by atoms with E-state index >= 15 is 0 Å². The van der Waals surface area contributed by atoms with Crippen molar-refractivity contribution in [2.45, 2.75) is 25.2 Å². The van der Waals surface area contributed by atoms with Crippen LogP contribution in [0.25, 0.3) is 10.9 Å². The summed E-state index contributed by atoms with van der Waals surface area (Å²) >= 11 is 0. The van der Waals surface area contributed by atoms with Gasteiger partial charge in [-0.1, -0.05) is 24.3 Å². The van der Waals surface area contributed by atoms with Gasteiger partial charge in [-0.05, 0) is 31.2 Å². The highest BCUT2D eigenvalue weighted by molar-refractivity contribution is 6.07. The molecule has 0 unspecified atom stereocenters. The Bertz CT molecular complexity index is 1020. The molecule has 1 fully saturated rings. The van der Waals surface area contributed by atoms with Crippen molar-refractivity contribution in [2.24, 2.45) is 0 Å². The van der Waals surface area contributed by atoms with Crippen LogP contribution in [0.2, 0.25) is 0 Å². The lowest BCUT2D eigenvalue weighted by Crippen LogP contribution is -2.50. The van der Waals surface area contributed by atoms with Gasteiger partial charge in [-0.25, -0.2) is 13.2 Å². The summed E-state index contributed by atoms with van der Waals surface area (Å²) in [6.07, 6.45) is 0.766. The van der Waals surface area contributed by atoms with Gasteiger partial charge in [0.25, 0.3) is 5.91 Å². The summed E-state index contributed by atoms with van der Waals surface area (Å²) < 4.78 is 44.3. The maximum atomic E-state index is 14.5. The number of piperidine rings is 1. The fraction of sp³-hybridized carbons (Fsp3) is 0.286. The molecule has 0 spiro atoms. The van der Waals surface area contributed by atoms with Crippen LogP contribution in [0.5, 0.6) is 0 Å². The predicted octanol–water partition coefficient (Wildman–Crippen LogP) is 3.40. The zero-order valence-corrected chi connectivity index (χ0v) is 15.1. The number of aromatic nitrogens is 1. The molecule has 146 valence electrons. The summed E-state index contributed by atoms with van der Waals surface area (Å²) in [6.45, 7) is 0.933. The van der Waals surface area contributed by atoms with E-state index in [1.165, 1.54) is 18.3 Å². The normalized spacial score (nSPS) is 19.7. The van der Waals surface area contributed by atoms with Crippen molar-refractivity contribution in [1.29, 1.82) is 0 Å². The number of benzene rings is 2. The highest BCUT2D eigenvalue weighted by Gasteiger charge is 2.28. The molecular weight excluding hydrogens is 367 g/mol. The molecular formula is C21H20F3N3O. The lowest BCUT2D eigenvalue weighted by molar-refractivity contribution is 0.0893. The van der Waals surface area contributed by atoms with E-state index in [2.05, 4.69) is 10.6 Å². The Labute approximate surface area is 160 Å². The lowest BCUT2D eigenvalue weighted by Gasteiger charge is -2.27. The summed E-state index contributed by atoms with van der Waals surface area (Å²) in [6, 6.07) is 10.2. The summed E-state index contributed by atoms with van der Waals surface area (Å²) in [5.74, 6) is -1.45. The molecule has 0 radical (unpaired) electrons. The van der Waals surface area contributed by atoms with E-state index < -0.39 is 23.9 Å². The van der Waals surface area contributed by atoms with Crippen LogP contribution in [-0.4, -0.2) is 35.8 Å². The minimum atomic E-state index is -1.20. The van der Waals surface area contributed by atoms with Crippen molar-refractivity contribution in [3.63, 3.8) is 0 Å². The number of hydrogen-bond acceptors (Lipinski definition) is 2. The average Bonchev–Trinajstić information content (AvgIpc) is 3.05. The molecule has 2 aromatic carbocycles. The minimum absolute atomic E-state index is 0.121. The molecule has 1 aliphatic heterocycles. The van der Waals surface area contributed by atoms with Gasteiger partial charge < -0.3 is 15.2 Å². The molecule has 4 nitrogen and oxygen atoms in total. The number of nitrogens with zero attached hydrogens (tertiary/aromatic N) is 1. The van der Waals surface area contributed by atoms with Gasteiger partial charge in [0, 0.05) is 23.7 Å². The molecule has 0 aliphatic carbocycles. The fourth-order valence-corrected chi connectivity index (χ4v) is 3.65. The van der Waals surface area contributed by atoms with E-state index in [4.69, 9.17) is 0 Å². The van der Waals surface area contributed by atoms with E-state index in [0.717, 1.165) is 0 Å². The highest BCUT2D eigenvalue weighted by Crippen LogP contribution is 2.26. The van der Waals surface area contributed by atoms with Gasteiger partial charge in [-0.3, -0.25) is 4.79 Å². The third-order valence-corrected chi connectivity index (χ3v) is 5.12. The summed E-state index contributed by atoms with van der Waals surface area (Å²) in [5, 5.41) is 5.77. The number of hydrogen-bond donors (Lipinski definition) is 2. The molecule has 3 aromatic rings. The van der Waals surface area contributed by atoms with E-state index in [0.29, 0.717) is 24.0 Å². The monoisotopic (exact) mass is 387 g/mol. The number of fused-ring (bicyclic) bond motifs is 1. The summed E-state index contributed by atoms with van der Waals surface area (Å²) in [4.78, 5) is 12.8. The molecule has 0 bridgehead atoms. The first-order chi connectivity index (χ1) is 13.5. The maximum absolute atomic E-state index is 14.5. The molecule has 0 saturated carbocycles. The Balaban J connectivity index is 1.70. The third kappa shape index (κ3) is 3.49. The van der Waals surface area contributed by atoms with E-state index in [1.54, 1.807) is 34.9 Å². The van der Waals surface area contributed by atoms with Crippen molar-refractivity contribution >= 4 is 16.8 Å². The van der Waals surface area contributed by atoms with Crippen molar-refractivity contribution in [3.8, 4) is 0 Å². The molecule has 2 atom stereocenters. The first-order valence-electron chi connectivity index (χ1n) is 9.21. The van der Waals surface area contributed by atoms with Gasteiger partial charge in [0.15, 0.2) is 0 Å². The van der Waals surface area contributed by atoms with Gasteiger partial charge in [0.1, 0.15) is 17.8 Å². The fourth-order valence-electron chi connectivity index (χ4n) is 3.65. The SMILES string of the molecule is O=C(N[C@@H]1CCNC[C@@H]1F)c1cn(Cc2ccccc2F)c2cccc(F)c12. The minimum Gasteiger partial charge on any atom is -0.346 e. The quantitative estimate of drug-likeness (QED) is 0.721. The Kier molecular flexibility index (Phi) is 5.09. The smallest absolute Gasteiger partial charge is 0.253 e. The lowest BCUT2D eigenvalue weighted by atomic mass is 10.0. The molecule has 1 saturated heterocycles. The number of rotatable bonds is 4. The molecule has 2 heterocycles. The van der Waals surface area contributed by atoms with Crippen molar-refractivity contribution in [3.05, 3.63) is 71.4 Å². The van der Waals surface area contributed by atoms with Crippen molar-refractivity contribution < 1.29 is 18.0 Å². The van der Waals surface area contributed by atoms with Crippen LogP contribution in [0.1, 0.15) is 22.3 Å². The number of alkyl halides is 1. The van der Waals surface area contributed by atoms with E-state index in [1.807, 2.05) is 0 Å². The topological polar surface area (TPSA) is 46.1 Å². The van der Waals surface area contributed by atoms with Crippen LogP contribution in [0.15, 0.2) is 48.7 Å². The Morgan fingerprint density at radius 3 is 2.71 bits per heavy atom. The van der Waals surface area contributed by atoms with Gasteiger partial charge in [0.2, 0.25) is 0 Å². The van der Waals surface area contributed by atoms with Crippen LogP contribution in [0, 0.1) is 11.6 Å². The van der Waals surface area contributed by atoms with Crippen molar-refractivity contribution in [2.75, 3.05) is 13.1 Å². The number of carbonyl (C=O) groups is 1. The first-order valence-corrected chi connectivity index (χ1v) is 9.21. The van der Waals surface area contributed by atoms with Crippen LogP contribution in [-0.2, 0) is 6.54 Å². The van der Waals surface area contributed by atoms with Gasteiger partial charge in [-0.2, -0.15) is 0 Å². The third-order valence-electron chi connectivity index (χ3n) is 5.12. The number of nitrogens with one attached hydrogen (secondary N) is 2. The Morgan fingerprint density at radius 2 is 1.93 bits per heavy atom. The first kappa shape index (κ1) is 18.6. The van der Waals surface area contributed by atoms with Crippen LogP contribution >= 0.6 is 0 Å². The van der Waals surface area contributed by atoms with Gasteiger partial charge in [0.05, 0.1) is 23.7 Å². The van der Waals surface area contributed by atoms with Crippen LogP contribution < -0.4 is 10.6 Å². The van der Waals surface area contributed by atoms with E-state index in [9.17, 15) is 18.0 Å². The maximum Gasteiger partial charge on any atom is 0.253 e. The predicted molar refractivity (Wildman–Crippen MR) is 101 cm³/mol. The number of amides is 1. The Morgan fingerprint density at radius 1 is 1.14 bits per heavy atom. The molecule has 4 rings (SSSR count). The van der Waals surface area contributed by atoms with Crippen LogP contribution in [0.3, 0.4) is 0 Å².